The molecular formula is C15H17FN2. The largest absolute Gasteiger partial charge is 0.395 e. The summed E-state index contributed by atoms with van der Waals surface area (Å²) < 4.78 is 13.4. The Morgan fingerprint density at radius 2 is 1.83 bits per heavy atom. The number of nitrogens with two attached hydrogens (primary N) is 1. The molecule has 94 valence electrons. The molecule has 0 spiro atoms. The summed E-state index contributed by atoms with van der Waals surface area (Å²) in [6.07, 6.45) is 0.903. The van der Waals surface area contributed by atoms with Gasteiger partial charge >= 0.3 is 0 Å². The van der Waals surface area contributed by atoms with E-state index < -0.39 is 0 Å². The molecule has 0 saturated heterocycles. The number of nitrogen functional groups attached to an aromatic ring is 1. The molecule has 0 amide bonds. The summed E-state index contributed by atoms with van der Waals surface area (Å²) in [4.78, 5) is 0. The van der Waals surface area contributed by atoms with Gasteiger partial charge in [-0.2, -0.15) is 0 Å². The van der Waals surface area contributed by atoms with Crippen molar-refractivity contribution in [1.82, 2.24) is 0 Å². The fourth-order valence-corrected chi connectivity index (χ4v) is 1.96. The van der Waals surface area contributed by atoms with E-state index in [1.54, 1.807) is 12.1 Å². The first-order valence-corrected chi connectivity index (χ1v) is 6.08. The zero-order chi connectivity index (χ0) is 13.0. The maximum absolute atomic E-state index is 13.4. The van der Waals surface area contributed by atoms with Gasteiger partial charge in [0.1, 0.15) is 5.82 Å². The minimum Gasteiger partial charge on any atom is -0.395 e. The van der Waals surface area contributed by atoms with Gasteiger partial charge in [0.2, 0.25) is 0 Å². The van der Waals surface area contributed by atoms with Crippen LogP contribution < -0.4 is 11.1 Å². The Morgan fingerprint density at radius 3 is 2.50 bits per heavy atom. The fourth-order valence-electron chi connectivity index (χ4n) is 1.96. The smallest absolute Gasteiger partial charge is 0.148 e. The van der Waals surface area contributed by atoms with Gasteiger partial charge in [0.15, 0.2) is 0 Å². The van der Waals surface area contributed by atoms with Crippen LogP contribution in [-0.2, 0) is 0 Å². The molecule has 2 aromatic rings. The van der Waals surface area contributed by atoms with Crippen LogP contribution in [0.25, 0.3) is 0 Å². The van der Waals surface area contributed by atoms with E-state index in [2.05, 4.69) is 24.4 Å². The third-order valence-corrected chi connectivity index (χ3v) is 2.99. The Balaban J connectivity index is 2.24. The van der Waals surface area contributed by atoms with Crippen LogP contribution in [0.3, 0.4) is 0 Å². The predicted octanol–water partition coefficient (Wildman–Crippen LogP) is 3.97. The SMILES string of the molecule is CCC(Nc1cccc(F)c1N)c1ccccc1. The minimum absolute atomic E-state index is 0.135. The average Bonchev–Trinajstić information content (AvgIpc) is 2.41. The van der Waals surface area contributed by atoms with Crippen LogP contribution in [0.1, 0.15) is 24.9 Å². The van der Waals surface area contributed by atoms with Crippen molar-refractivity contribution in [2.75, 3.05) is 11.1 Å². The van der Waals surface area contributed by atoms with Gasteiger partial charge in [-0.1, -0.05) is 43.3 Å². The molecular weight excluding hydrogens is 227 g/mol. The third-order valence-electron chi connectivity index (χ3n) is 2.99. The molecule has 0 radical (unpaired) electrons. The van der Waals surface area contributed by atoms with Gasteiger partial charge < -0.3 is 11.1 Å². The highest BCUT2D eigenvalue weighted by Crippen LogP contribution is 2.27. The van der Waals surface area contributed by atoms with Crippen molar-refractivity contribution in [2.45, 2.75) is 19.4 Å². The number of anilines is 2. The number of nitrogens with one attached hydrogen (secondary N) is 1. The summed E-state index contributed by atoms with van der Waals surface area (Å²) in [5.74, 6) is -0.386. The van der Waals surface area contributed by atoms with E-state index in [0.717, 1.165) is 6.42 Å². The van der Waals surface area contributed by atoms with Gasteiger partial charge in [-0.25, -0.2) is 4.39 Å². The first-order valence-electron chi connectivity index (χ1n) is 6.08. The first kappa shape index (κ1) is 12.4. The predicted molar refractivity (Wildman–Crippen MR) is 73.9 cm³/mol. The fraction of sp³-hybridized carbons (Fsp3) is 0.200. The molecule has 0 aliphatic heterocycles. The lowest BCUT2D eigenvalue weighted by Gasteiger charge is -2.20. The number of hydrogen-bond donors (Lipinski definition) is 2. The topological polar surface area (TPSA) is 38.0 Å². The van der Waals surface area contributed by atoms with Gasteiger partial charge in [0.25, 0.3) is 0 Å². The van der Waals surface area contributed by atoms with Crippen LogP contribution in [0.15, 0.2) is 48.5 Å². The van der Waals surface area contributed by atoms with Crippen molar-refractivity contribution < 1.29 is 4.39 Å². The van der Waals surface area contributed by atoms with E-state index in [1.807, 2.05) is 18.2 Å². The van der Waals surface area contributed by atoms with E-state index in [4.69, 9.17) is 5.73 Å². The molecule has 0 aliphatic carbocycles. The quantitative estimate of drug-likeness (QED) is 0.798. The molecule has 3 heteroatoms. The molecule has 2 aromatic carbocycles. The Hall–Kier alpha value is -2.03. The van der Waals surface area contributed by atoms with Crippen LogP contribution in [0, 0.1) is 5.82 Å². The molecule has 0 heterocycles. The number of hydrogen-bond acceptors (Lipinski definition) is 2. The lowest BCUT2D eigenvalue weighted by atomic mass is 10.0. The summed E-state index contributed by atoms with van der Waals surface area (Å²) in [5.41, 5.74) is 7.71. The van der Waals surface area contributed by atoms with Crippen LogP contribution in [0.4, 0.5) is 15.8 Å². The van der Waals surface area contributed by atoms with Gasteiger partial charge in [-0.15, -0.1) is 0 Å². The van der Waals surface area contributed by atoms with E-state index in [9.17, 15) is 4.39 Å². The maximum atomic E-state index is 13.4. The Labute approximate surface area is 107 Å². The van der Waals surface area contributed by atoms with Gasteiger partial charge in [0.05, 0.1) is 17.4 Å². The van der Waals surface area contributed by atoms with Crippen LogP contribution in [0.5, 0.6) is 0 Å². The van der Waals surface area contributed by atoms with Crippen molar-refractivity contribution >= 4 is 11.4 Å². The van der Waals surface area contributed by atoms with Crippen molar-refractivity contribution in [2.24, 2.45) is 0 Å². The molecule has 0 bridgehead atoms. The Kier molecular flexibility index (Phi) is 3.82. The summed E-state index contributed by atoms with van der Waals surface area (Å²) in [6, 6.07) is 15.0. The molecule has 3 N–H and O–H groups in total. The number of benzene rings is 2. The van der Waals surface area contributed by atoms with Crippen LogP contribution in [-0.4, -0.2) is 0 Å². The van der Waals surface area contributed by atoms with Crippen molar-refractivity contribution in [3.8, 4) is 0 Å². The zero-order valence-electron chi connectivity index (χ0n) is 10.4. The molecule has 1 unspecified atom stereocenters. The lowest BCUT2D eigenvalue weighted by molar-refractivity contribution is 0.632. The van der Waals surface area contributed by atoms with Gasteiger partial charge in [-0.05, 0) is 24.1 Å². The highest BCUT2D eigenvalue weighted by Gasteiger charge is 2.11. The summed E-state index contributed by atoms with van der Waals surface area (Å²) in [6.45, 7) is 2.08. The van der Waals surface area contributed by atoms with E-state index in [-0.39, 0.29) is 17.5 Å². The zero-order valence-corrected chi connectivity index (χ0v) is 10.4. The second-order valence-corrected chi connectivity index (χ2v) is 4.22. The van der Waals surface area contributed by atoms with Crippen LogP contribution >= 0.6 is 0 Å². The monoisotopic (exact) mass is 244 g/mol. The number of rotatable bonds is 4. The van der Waals surface area contributed by atoms with Gasteiger partial charge in [0, 0.05) is 0 Å². The first-order chi connectivity index (χ1) is 8.72. The highest BCUT2D eigenvalue weighted by molar-refractivity contribution is 5.67. The molecule has 2 nitrogen and oxygen atoms in total. The molecule has 0 aromatic heterocycles. The van der Waals surface area contributed by atoms with Gasteiger partial charge in [-0.3, -0.25) is 0 Å². The normalized spacial score (nSPS) is 12.1. The van der Waals surface area contributed by atoms with E-state index >= 15 is 0 Å². The molecule has 1 atom stereocenters. The molecule has 2 rings (SSSR count). The van der Waals surface area contributed by atoms with Crippen molar-refractivity contribution in [1.29, 1.82) is 0 Å². The Bertz CT molecular complexity index is 511. The lowest BCUT2D eigenvalue weighted by Crippen LogP contribution is -2.11. The standard InChI is InChI=1S/C15H17FN2/c1-2-13(11-7-4-3-5-8-11)18-14-10-6-9-12(16)15(14)17/h3-10,13,18H,2,17H2,1H3. The summed E-state index contributed by atoms with van der Waals surface area (Å²) in [7, 11) is 0. The third kappa shape index (κ3) is 2.62. The molecule has 0 aliphatic rings. The average molecular weight is 244 g/mol. The summed E-state index contributed by atoms with van der Waals surface area (Å²) >= 11 is 0. The molecule has 0 fully saturated rings. The van der Waals surface area contributed by atoms with Crippen LogP contribution in [0.2, 0.25) is 0 Å². The maximum Gasteiger partial charge on any atom is 0.148 e. The molecule has 0 saturated carbocycles. The number of para-hydroxylation sites is 1. The highest BCUT2D eigenvalue weighted by atomic mass is 19.1. The van der Waals surface area contributed by atoms with Crippen molar-refractivity contribution in [3.63, 3.8) is 0 Å². The second-order valence-electron chi connectivity index (χ2n) is 4.22. The second kappa shape index (κ2) is 5.54. The van der Waals surface area contributed by atoms with Crippen molar-refractivity contribution in [3.05, 3.63) is 59.9 Å². The Morgan fingerprint density at radius 1 is 1.11 bits per heavy atom. The van der Waals surface area contributed by atoms with E-state index in [1.165, 1.54) is 11.6 Å². The summed E-state index contributed by atoms with van der Waals surface area (Å²) in [5, 5.41) is 3.29. The minimum atomic E-state index is -0.386. The molecule has 18 heavy (non-hydrogen) atoms. The number of halogens is 1. The van der Waals surface area contributed by atoms with E-state index in [0.29, 0.717) is 5.69 Å².